The Labute approximate surface area is 122 Å². The normalized spacial score (nSPS) is 13.9. The van der Waals surface area contributed by atoms with E-state index in [9.17, 15) is 4.79 Å². The van der Waals surface area contributed by atoms with Crippen LogP contribution in [-0.4, -0.2) is 11.4 Å². The Morgan fingerprint density at radius 2 is 1.85 bits per heavy atom. The van der Waals surface area contributed by atoms with E-state index in [2.05, 4.69) is 39.9 Å². The Balaban J connectivity index is 2.75. The van der Waals surface area contributed by atoms with Crippen LogP contribution in [0.5, 0.6) is 0 Å². The molecular weight excluding hydrogens is 248 g/mol. The minimum Gasteiger partial charge on any atom is -0.399 e. The molecule has 1 amide bonds. The van der Waals surface area contributed by atoms with E-state index in [1.807, 2.05) is 31.2 Å². The molecule has 3 heteroatoms. The van der Waals surface area contributed by atoms with Crippen molar-refractivity contribution in [2.75, 3.05) is 5.73 Å². The predicted molar refractivity (Wildman–Crippen MR) is 85.6 cm³/mol. The Morgan fingerprint density at radius 1 is 1.25 bits per heavy atom. The maximum absolute atomic E-state index is 12.4. The molecule has 112 valence electrons. The van der Waals surface area contributed by atoms with Crippen molar-refractivity contribution in [2.45, 2.75) is 59.4 Å². The molecule has 0 spiro atoms. The van der Waals surface area contributed by atoms with Gasteiger partial charge in [-0.3, -0.25) is 4.79 Å². The van der Waals surface area contributed by atoms with Gasteiger partial charge in [-0.15, -0.1) is 0 Å². The molecular formula is C17H28N2O. The Kier molecular flexibility index (Phi) is 4.85. The third kappa shape index (κ3) is 5.24. The molecule has 0 aromatic heterocycles. The number of carbonyl (C=O) groups excluding carboxylic acids is 1. The largest absolute Gasteiger partial charge is 0.399 e. The van der Waals surface area contributed by atoms with Crippen LogP contribution in [0, 0.1) is 5.41 Å². The Bertz CT molecular complexity index is 472. The number of nitrogens with one attached hydrogen (secondary N) is 1. The Morgan fingerprint density at radius 3 is 2.35 bits per heavy atom. The number of hydrogen-bond donors (Lipinski definition) is 2. The van der Waals surface area contributed by atoms with Crippen molar-refractivity contribution in [1.29, 1.82) is 0 Å². The van der Waals surface area contributed by atoms with Gasteiger partial charge in [0.25, 0.3) is 0 Å². The SMILES string of the molecule is CC(C(=O)NC(C)(C)CC(C)(C)C)c1cccc(N)c1. The molecule has 1 atom stereocenters. The number of rotatable bonds is 4. The lowest BCUT2D eigenvalue weighted by Crippen LogP contribution is -2.47. The molecule has 0 saturated heterocycles. The van der Waals surface area contributed by atoms with Crippen LogP contribution in [-0.2, 0) is 4.79 Å². The van der Waals surface area contributed by atoms with Gasteiger partial charge in [-0.05, 0) is 50.3 Å². The topological polar surface area (TPSA) is 55.1 Å². The molecule has 1 rings (SSSR count). The van der Waals surface area contributed by atoms with Gasteiger partial charge in [-0.1, -0.05) is 32.9 Å². The summed E-state index contributed by atoms with van der Waals surface area (Å²) in [5.41, 5.74) is 7.38. The van der Waals surface area contributed by atoms with Crippen molar-refractivity contribution in [3.63, 3.8) is 0 Å². The highest BCUT2D eigenvalue weighted by Gasteiger charge is 2.28. The van der Waals surface area contributed by atoms with E-state index < -0.39 is 0 Å². The van der Waals surface area contributed by atoms with Gasteiger partial charge >= 0.3 is 0 Å². The highest BCUT2D eigenvalue weighted by molar-refractivity contribution is 5.84. The maximum atomic E-state index is 12.4. The second-order valence-electron chi connectivity index (χ2n) is 7.50. The van der Waals surface area contributed by atoms with E-state index in [-0.39, 0.29) is 22.8 Å². The van der Waals surface area contributed by atoms with Gasteiger partial charge in [-0.25, -0.2) is 0 Å². The number of nitrogens with two attached hydrogens (primary N) is 1. The van der Waals surface area contributed by atoms with Crippen molar-refractivity contribution in [2.24, 2.45) is 5.41 Å². The molecule has 0 fully saturated rings. The first kappa shape index (κ1) is 16.5. The van der Waals surface area contributed by atoms with Gasteiger partial charge in [0, 0.05) is 11.2 Å². The van der Waals surface area contributed by atoms with E-state index in [0.29, 0.717) is 5.69 Å². The molecule has 3 nitrogen and oxygen atoms in total. The molecule has 0 heterocycles. The maximum Gasteiger partial charge on any atom is 0.227 e. The summed E-state index contributed by atoms with van der Waals surface area (Å²) in [6.07, 6.45) is 0.926. The molecule has 0 aliphatic heterocycles. The van der Waals surface area contributed by atoms with Crippen LogP contribution >= 0.6 is 0 Å². The standard InChI is InChI=1S/C17H28N2O/c1-12(13-8-7-9-14(18)10-13)15(20)19-17(5,6)11-16(2,3)4/h7-10,12H,11,18H2,1-6H3,(H,19,20). The second-order valence-corrected chi connectivity index (χ2v) is 7.50. The zero-order chi connectivity index (χ0) is 15.6. The van der Waals surface area contributed by atoms with Crippen LogP contribution in [0.2, 0.25) is 0 Å². The number of amides is 1. The van der Waals surface area contributed by atoms with Crippen molar-refractivity contribution in [3.8, 4) is 0 Å². The molecule has 0 saturated carbocycles. The fraction of sp³-hybridized carbons (Fsp3) is 0.588. The highest BCUT2D eigenvalue weighted by atomic mass is 16.2. The van der Waals surface area contributed by atoms with Gasteiger partial charge in [0.2, 0.25) is 5.91 Å². The number of carbonyl (C=O) groups is 1. The fourth-order valence-corrected chi connectivity index (χ4v) is 2.79. The monoisotopic (exact) mass is 276 g/mol. The molecule has 1 unspecified atom stereocenters. The van der Waals surface area contributed by atoms with Crippen molar-refractivity contribution >= 4 is 11.6 Å². The molecule has 0 radical (unpaired) electrons. The highest BCUT2D eigenvalue weighted by Crippen LogP contribution is 2.28. The number of nitrogen functional groups attached to an aromatic ring is 1. The van der Waals surface area contributed by atoms with Crippen LogP contribution in [0.3, 0.4) is 0 Å². The molecule has 0 aliphatic rings. The van der Waals surface area contributed by atoms with Crippen molar-refractivity contribution < 1.29 is 4.79 Å². The quantitative estimate of drug-likeness (QED) is 0.824. The van der Waals surface area contributed by atoms with E-state index in [4.69, 9.17) is 5.73 Å². The molecule has 3 N–H and O–H groups in total. The summed E-state index contributed by atoms with van der Waals surface area (Å²) in [7, 11) is 0. The lowest BCUT2D eigenvalue weighted by atomic mass is 9.81. The van der Waals surface area contributed by atoms with Gasteiger partial charge in [-0.2, -0.15) is 0 Å². The van der Waals surface area contributed by atoms with Crippen LogP contribution in [0.4, 0.5) is 5.69 Å². The zero-order valence-corrected chi connectivity index (χ0v) is 13.6. The van der Waals surface area contributed by atoms with Crippen LogP contribution < -0.4 is 11.1 Å². The molecule has 0 aliphatic carbocycles. The minimum atomic E-state index is -0.218. The third-order valence-corrected chi connectivity index (χ3v) is 3.24. The van der Waals surface area contributed by atoms with Crippen LogP contribution in [0.15, 0.2) is 24.3 Å². The first-order valence-corrected chi connectivity index (χ1v) is 7.18. The van der Waals surface area contributed by atoms with E-state index in [1.165, 1.54) is 0 Å². The molecule has 1 aromatic rings. The summed E-state index contributed by atoms with van der Waals surface area (Å²) in [4.78, 5) is 12.4. The summed E-state index contributed by atoms with van der Waals surface area (Å²) in [5, 5.41) is 3.15. The van der Waals surface area contributed by atoms with E-state index in [0.717, 1.165) is 12.0 Å². The molecule has 20 heavy (non-hydrogen) atoms. The minimum absolute atomic E-state index is 0.0462. The predicted octanol–water partition coefficient (Wildman–Crippen LogP) is 3.70. The third-order valence-electron chi connectivity index (χ3n) is 3.24. The zero-order valence-electron chi connectivity index (χ0n) is 13.6. The summed E-state index contributed by atoms with van der Waals surface area (Å²) >= 11 is 0. The van der Waals surface area contributed by atoms with Gasteiger partial charge in [0.1, 0.15) is 0 Å². The summed E-state index contributed by atoms with van der Waals surface area (Å²) in [6, 6.07) is 7.52. The summed E-state index contributed by atoms with van der Waals surface area (Å²) in [6.45, 7) is 12.6. The first-order chi connectivity index (χ1) is 9.00. The number of benzene rings is 1. The lowest BCUT2D eigenvalue weighted by molar-refractivity contribution is -0.124. The fourth-order valence-electron chi connectivity index (χ4n) is 2.79. The van der Waals surface area contributed by atoms with Crippen LogP contribution in [0.1, 0.15) is 59.4 Å². The van der Waals surface area contributed by atoms with Crippen molar-refractivity contribution in [1.82, 2.24) is 5.32 Å². The van der Waals surface area contributed by atoms with E-state index in [1.54, 1.807) is 0 Å². The average Bonchev–Trinajstić information content (AvgIpc) is 2.23. The lowest BCUT2D eigenvalue weighted by Gasteiger charge is -2.34. The Hall–Kier alpha value is -1.51. The van der Waals surface area contributed by atoms with Gasteiger partial charge in [0.15, 0.2) is 0 Å². The summed E-state index contributed by atoms with van der Waals surface area (Å²) in [5.74, 6) is -0.150. The second kappa shape index (κ2) is 5.86. The average molecular weight is 276 g/mol. The van der Waals surface area contributed by atoms with Gasteiger partial charge in [0.05, 0.1) is 5.92 Å². The van der Waals surface area contributed by atoms with Crippen molar-refractivity contribution in [3.05, 3.63) is 29.8 Å². The number of anilines is 1. The van der Waals surface area contributed by atoms with Gasteiger partial charge < -0.3 is 11.1 Å². The van der Waals surface area contributed by atoms with E-state index >= 15 is 0 Å². The molecule has 0 bridgehead atoms. The molecule has 1 aromatic carbocycles. The first-order valence-electron chi connectivity index (χ1n) is 7.18. The number of hydrogen-bond acceptors (Lipinski definition) is 2. The smallest absolute Gasteiger partial charge is 0.227 e. The van der Waals surface area contributed by atoms with Crippen LogP contribution in [0.25, 0.3) is 0 Å². The summed E-state index contributed by atoms with van der Waals surface area (Å²) < 4.78 is 0.